The molecule has 74 valence electrons. The van der Waals surface area contributed by atoms with Gasteiger partial charge in [-0.15, -0.1) is 0 Å². The number of azide groups is 1. The van der Waals surface area contributed by atoms with Crippen LogP contribution in [0.5, 0.6) is 11.5 Å². The molecule has 0 aliphatic heterocycles. The molecule has 0 aliphatic rings. The fourth-order valence-corrected chi connectivity index (χ4v) is 1.04. The van der Waals surface area contributed by atoms with Crippen LogP contribution in [0.3, 0.4) is 0 Å². The summed E-state index contributed by atoms with van der Waals surface area (Å²) >= 11 is 0. The van der Waals surface area contributed by atoms with E-state index in [0.717, 1.165) is 5.56 Å². The van der Waals surface area contributed by atoms with Gasteiger partial charge in [0.15, 0.2) is 11.5 Å². The predicted molar refractivity (Wildman–Crippen MR) is 52.1 cm³/mol. The van der Waals surface area contributed by atoms with E-state index in [1.54, 1.807) is 12.1 Å². The molecule has 0 amide bonds. The first-order valence-corrected chi connectivity index (χ1v) is 4.23. The van der Waals surface area contributed by atoms with Crippen LogP contribution in [0.4, 0.5) is 0 Å². The molecule has 5 nitrogen and oxygen atoms in total. The van der Waals surface area contributed by atoms with Gasteiger partial charge in [0, 0.05) is 4.91 Å². The molecule has 0 heterocycles. The van der Waals surface area contributed by atoms with Gasteiger partial charge in [-0.2, -0.15) is 0 Å². The Morgan fingerprint density at radius 1 is 1.57 bits per heavy atom. The molecule has 0 aromatic heterocycles. The Morgan fingerprint density at radius 2 is 2.36 bits per heavy atom. The largest absolute Gasteiger partial charge is 0.504 e. The topological polar surface area (TPSA) is 78.2 Å². The molecular weight excluding hydrogens is 182 g/mol. The average molecular weight is 193 g/mol. The van der Waals surface area contributed by atoms with Crippen LogP contribution in [-0.4, -0.2) is 11.7 Å². The van der Waals surface area contributed by atoms with Crippen LogP contribution >= 0.6 is 0 Å². The second-order valence-corrected chi connectivity index (χ2v) is 2.62. The van der Waals surface area contributed by atoms with Crippen LogP contribution < -0.4 is 4.74 Å². The van der Waals surface area contributed by atoms with Crippen LogP contribution in [-0.2, 0) is 6.54 Å². The van der Waals surface area contributed by atoms with E-state index >= 15 is 0 Å². The van der Waals surface area contributed by atoms with E-state index in [-0.39, 0.29) is 12.3 Å². The minimum atomic E-state index is 0.0940. The molecule has 0 bridgehead atoms. The Kier molecular flexibility index (Phi) is 3.64. The zero-order valence-corrected chi connectivity index (χ0v) is 7.84. The Labute approximate surface area is 81.6 Å². The summed E-state index contributed by atoms with van der Waals surface area (Å²) in [6.07, 6.45) is 0. The van der Waals surface area contributed by atoms with E-state index < -0.39 is 0 Å². The Hall–Kier alpha value is -1.87. The smallest absolute Gasteiger partial charge is 0.161 e. The minimum absolute atomic E-state index is 0.0940. The van der Waals surface area contributed by atoms with Gasteiger partial charge >= 0.3 is 0 Å². The highest BCUT2D eigenvalue weighted by atomic mass is 16.5. The fraction of sp³-hybridized carbons (Fsp3) is 0.333. The first-order chi connectivity index (χ1) is 6.77. The lowest BCUT2D eigenvalue weighted by molar-refractivity contribution is 0.318. The summed E-state index contributed by atoms with van der Waals surface area (Å²) in [6.45, 7) is 2.58. The second kappa shape index (κ2) is 4.99. The van der Waals surface area contributed by atoms with Crippen molar-refractivity contribution in [1.29, 1.82) is 0 Å². The Balaban J connectivity index is 2.87. The highest BCUT2D eigenvalue weighted by Crippen LogP contribution is 2.26. The number of rotatable bonds is 4. The van der Waals surface area contributed by atoms with E-state index in [0.29, 0.717) is 12.4 Å². The second-order valence-electron chi connectivity index (χ2n) is 2.62. The number of hydrogen-bond donors (Lipinski definition) is 1. The van der Waals surface area contributed by atoms with E-state index in [2.05, 4.69) is 10.0 Å². The molecule has 1 aromatic rings. The lowest BCUT2D eigenvalue weighted by atomic mass is 10.2. The highest BCUT2D eigenvalue weighted by Gasteiger charge is 2.02. The third-order valence-electron chi connectivity index (χ3n) is 1.64. The van der Waals surface area contributed by atoms with E-state index in [1.807, 2.05) is 6.92 Å². The molecule has 14 heavy (non-hydrogen) atoms. The quantitative estimate of drug-likeness (QED) is 0.453. The first kappa shape index (κ1) is 10.2. The molecule has 1 aromatic carbocycles. The molecule has 0 fully saturated rings. The van der Waals surface area contributed by atoms with Crippen molar-refractivity contribution >= 4 is 0 Å². The third-order valence-corrected chi connectivity index (χ3v) is 1.64. The maximum absolute atomic E-state index is 9.36. The third kappa shape index (κ3) is 2.57. The predicted octanol–water partition coefficient (Wildman–Crippen LogP) is 2.60. The number of aromatic hydroxyl groups is 1. The fourth-order valence-electron chi connectivity index (χ4n) is 1.04. The van der Waals surface area contributed by atoms with Crippen molar-refractivity contribution in [3.63, 3.8) is 0 Å². The van der Waals surface area contributed by atoms with Crippen molar-refractivity contribution in [2.24, 2.45) is 5.11 Å². The normalized spacial score (nSPS) is 9.21. The summed E-state index contributed by atoms with van der Waals surface area (Å²) in [6, 6.07) is 4.87. The van der Waals surface area contributed by atoms with Crippen molar-refractivity contribution in [3.8, 4) is 11.5 Å². The van der Waals surface area contributed by atoms with E-state index in [1.165, 1.54) is 6.07 Å². The number of phenolic OH excluding ortho intramolecular Hbond substituents is 1. The first-order valence-electron chi connectivity index (χ1n) is 4.23. The number of nitrogens with zero attached hydrogens (tertiary/aromatic N) is 3. The summed E-state index contributed by atoms with van der Waals surface area (Å²) in [5, 5.41) is 12.8. The number of ether oxygens (including phenoxy) is 1. The molecule has 0 radical (unpaired) electrons. The van der Waals surface area contributed by atoms with E-state index in [4.69, 9.17) is 10.3 Å². The molecule has 0 unspecified atom stereocenters. The standard InChI is InChI=1S/C9H11N3O2/c1-2-14-9-5-7(6-11-12-10)3-4-8(9)13/h3-5,13H,2,6H2,1H3. The van der Waals surface area contributed by atoms with Gasteiger partial charge in [-0.05, 0) is 30.2 Å². The van der Waals surface area contributed by atoms with Crippen LogP contribution in [0.15, 0.2) is 23.3 Å². The molecule has 0 saturated carbocycles. The van der Waals surface area contributed by atoms with Crippen LogP contribution in [0, 0.1) is 0 Å². The van der Waals surface area contributed by atoms with Crippen molar-refractivity contribution < 1.29 is 9.84 Å². The van der Waals surface area contributed by atoms with Crippen LogP contribution in [0.25, 0.3) is 10.4 Å². The van der Waals surface area contributed by atoms with Gasteiger partial charge in [0.2, 0.25) is 0 Å². The summed E-state index contributed by atoms with van der Waals surface area (Å²) in [5.74, 6) is 0.509. The van der Waals surface area contributed by atoms with Crippen molar-refractivity contribution in [2.75, 3.05) is 6.61 Å². The maximum atomic E-state index is 9.36. The zero-order valence-electron chi connectivity index (χ0n) is 7.84. The van der Waals surface area contributed by atoms with Gasteiger partial charge in [-0.25, -0.2) is 0 Å². The van der Waals surface area contributed by atoms with Gasteiger partial charge in [0.05, 0.1) is 13.2 Å². The molecule has 1 N–H and O–H groups in total. The monoisotopic (exact) mass is 193 g/mol. The molecule has 0 spiro atoms. The lowest BCUT2D eigenvalue weighted by Crippen LogP contribution is -1.92. The molecule has 1 rings (SSSR count). The number of benzene rings is 1. The van der Waals surface area contributed by atoms with Crippen molar-refractivity contribution in [2.45, 2.75) is 13.5 Å². The summed E-state index contributed by atoms with van der Waals surface area (Å²) in [7, 11) is 0. The average Bonchev–Trinajstić information content (AvgIpc) is 2.19. The minimum Gasteiger partial charge on any atom is -0.504 e. The molecule has 0 saturated heterocycles. The van der Waals surface area contributed by atoms with E-state index in [9.17, 15) is 5.11 Å². The van der Waals surface area contributed by atoms with Gasteiger partial charge in [0.1, 0.15) is 0 Å². The van der Waals surface area contributed by atoms with Gasteiger partial charge in [-0.3, -0.25) is 0 Å². The zero-order chi connectivity index (χ0) is 10.4. The summed E-state index contributed by atoms with van der Waals surface area (Å²) < 4.78 is 5.17. The van der Waals surface area contributed by atoms with Crippen molar-refractivity contribution in [3.05, 3.63) is 34.2 Å². The molecule has 0 aliphatic carbocycles. The van der Waals surface area contributed by atoms with Crippen LogP contribution in [0.2, 0.25) is 0 Å². The Morgan fingerprint density at radius 3 is 3.00 bits per heavy atom. The van der Waals surface area contributed by atoms with Crippen LogP contribution in [0.1, 0.15) is 12.5 Å². The number of phenols is 1. The number of hydrogen-bond acceptors (Lipinski definition) is 3. The summed E-state index contributed by atoms with van der Waals surface area (Å²) in [4.78, 5) is 2.65. The lowest BCUT2D eigenvalue weighted by Gasteiger charge is -2.06. The van der Waals surface area contributed by atoms with Gasteiger partial charge in [-0.1, -0.05) is 11.2 Å². The maximum Gasteiger partial charge on any atom is 0.161 e. The van der Waals surface area contributed by atoms with Gasteiger partial charge in [0.25, 0.3) is 0 Å². The molecular formula is C9H11N3O2. The molecule has 0 atom stereocenters. The molecule has 5 heteroatoms. The summed E-state index contributed by atoms with van der Waals surface area (Å²) in [5.41, 5.74) is 8.94. The Bertz CT molecular complexity index is 359. The highest BCUT2D eigenvalue weighted by molar-refractivity contribution is 5.41. The van der Waals surface area contributed by atoms with Crippen molar-refractivity contribution in [1.82, 2.24) is 0 Å². The van der Waals surface area contributed by atoms with Gasteiger partial charge < -0.3 is 9.84 Å². The SMILES string of the molecule is CCOc1cc(CN=[N+]=[N-])ccc1O.